The highest BCUT2D eigenvalue weighted by Gasteiger charge is 2.23. The van der Waals surface area contributed by atoms with E-state index in [0.29, 0.717) is 5.02 Å². The Morgan fingerprint density at radius 3 is 2.74 bits per heavy atom. The van der Waals surface area contributed by atoms with Gasteiger partial charge < -0.3 is 19.9 Å². The predicted molar refractivity (Wildman–Crippen MR) is 105 cm³/mol. The molecule has 1 fully saturated rings. The number of ether oxygens (including phenoxy) is 1. The van der Waals surface area contributed by atoms with Crippen LogP contribution in [-0.2, 0) is 11.8 Å². The number of imidazole rings is 1. The largest absolute Gasteiger partial charge is 0.446 e. The second-order valence-corrected chi connectivity index (χ2v) is 7.04. The molecule has 1 aliphatic rings. The number of para-hydroxylation sites is 2. The molecule has 4 rings (SSSR count). The molecule has 1 amide bonds. The van der Waals surface area contributed by atoms with Crippen LogP contribution in [0.2, 0.25) is 5.02 Å². The Hall–Kier alpha value is -2.80. The molecule has 1 aromatic carbocycles. The number of hydrogen-bond acceptors (Lipinski definition) is 5. The summed E-state index contributed by atoms with van der Waals surface area (Å²) < 4.78 is 7.13. The molecular weight excluding hydrogens is 366 g/mol. The van der Waals surface area contributed by atoms with Gasteiger partial charge in [0.15, 0.2) is 0 Å². The molecule has 0 spiro atoms. The number of nitrogens with zero attached hydrogens (tertiary/aromatic N) is 4. The number of hydrogen-bond donors (Lipinski definition) is 1. The fourth-order valence-corrected chi connectivity index (χ4v) is 3.71. The number of pyridine rings is 1. The molecule has 3 heterocycles. The quantitative estimate of drug-likeness (QED) is 0.747. The zero-order chi connectivity index (χ0) is 19.0. The maximum absolute atomic E-state index is 10.9. The lowest BCUT2D eigenvalue weighted by Gasteiger charge is -2.32. The van der Waals surface area contributed by atoms with E-state index < -0.39 is 6.09 Å². The molecule has 1 aliphatic heterocycles. The number of halogens is 1. The summed E-state index contributed by atoms with van der Waals surface area (Å²) in [6.07, 6.45) is 2.24. The van der Waals surface area contributed by atoms with Crippen molar-refractivity contribution in [2.24, 2.45) is 12.8 Å². The van der Waals surface area contributed by atoms with Gasteiger partial charge in [-0.05, 0) is 18.2 Å². The first-order chi connectivity index (χ1) is 13.0. The second-order valence-electron chi connectivity index (χ2n) is 6.63. The Bertz CT molecular complexity index is 995. The van der Waals surface area contributed by atoms with E-state index in [1.165, 1.54) is 0 Å². The van der Waals surface area contributed by atoms with Gasteiger partial charge in [-0.3, -0.25) is 0 Å². The van der Waals surface area contributed by atoms with Crippen LogP contribution in [0.5, 0.6) is 0 Å². The van der Waals surface area contributed by atoms with Crippen molar-refractivity contribution < 1.29 is 9.53 Å². The normalized spacial score (nSPS) is 15.3. The van der Waals surface area contributed by atoms with Crippen LogP contribution in [0, 0.1) is 0 Å². The van der Waals surface area contributed by atoms with E-state index in [-0.39, 0.29) is 6.10 Å². The molecule has 0 atom stereocenters. The van der Waals surface area contributed by atoms with Gasteiger partial charge in [0.25, 0.3) is 0 Å². The predicted octanol–water partition coefficient (Wildman–Crippen LogP) is 3.35. The van der Waals surface area contributed by atoms with Crippen molar-refractivity contribution in [3.8, 4) is 11.4 Å². The van der Waals surface area contributed by atoms with E-state index in [1.807, 2.05) is 41.9 Å². The van der Waals surface area contributed by atoms with Gasteiger partial charge in [-0.15, -0.1) is 0 Å². The van der Waals surface area contributed by atoms with Crippen molar-refractivity contribution in [3.63, 3.8) is 0 Å². The first kappa shape index (κ1) is 17.6. The standard InChI is InChI=1S/C19H20ClN5O2/c1-24-16-5-3-2-4-15(16)23-18(24)13-10-17(22-11-14(13)20)25-8-6-12(7-9-25)27-19(21)26/h2-5,10-12H,6-9H2,1H3,(H2,21,26). The highest BCUT2D eigenvalue weighted by atomic mass is 35.5. The number of carbonyl (C=O) groups excluding carboxylic acids is 1. The van der Waals surface area contributed by atoms with Gasteiger partial charge in [-0.1, -0.05) is 23.7 Å². The highest BCUT2D eigenvalue weighted by molar-refractivity contribution is 6.33. The van der Waals surface area contributed by atoms with Gasteiger partial charge >= 0.3 is 6.09 Å². The Kier molecular flexibility index (Phi) is 4.61. The summed E-state index contributed by atoms with van der Waals surface area (Å²) in [5, 5.41) is 0.559. The summed E-state index contributed by atoms with van der Waals surface area (Å²) in [5.41, 5.74) is 7.92. The second kappa shape index (κ2) is 7.08. The van der Waals surface area contributed by atoms with E-state index >= 15 is 0 Å². The van der Waals surface area contributed by atoms with Crippen molar-refractivity contribution in [2.45, 2.75) is 18.9 Å². The van der Waals surface area contributed by atoms with Crippen LogP contribution >= 0.6 is 11.6 Å². The maximum atomic E-state index is 10.9. The molecular formula is C19H20ClN5O2. The molecule has 140 valence electrons. The van der Waals surface area contributed by atoms with Crippen molar-refractivity contribution in [1.29, 1.82) is 0 Å². The number of nitrogens with two attached hydrogens (primary N) is 1. The van der Waals surface area contributed by atoms with Crippen molar-refractivity contribution in [3.05, 3.63) is 41.6 Å². The smallest absolute Gasteiger partial charge is 0.404 e. The van der Waals surface area contributed by atoms with Crippen LogP contribution in [0.3, 0.4) is 0 Å². The summed E-state index contributed by atoms with van der Waals surface area (Å²) in [6.45, 7) is 1.46. The zero-order valence-electron chi connectivity index (χ0n) is 14.9. The lowest BCUT2D eigenvalue weighted by Crippen LogP contribution is -2.39. The molecule has 8 heteroatoms. The summed E-state index contributed by atoms with van der Waals surface area (Å²) in [5.74, 6) is 1.63. The molecule has 0 unspecified atom stereocenters. The first-order valence-corrected chi connectivity index (χ1v) is 9.19. The monoisotopic (exact) mass is 385 g/mol. The number of aryl methyl sites for hydroxylation is 1. The molecule has 1 saturated heterocycles. The van der Waals surface area contributed by atoms with Gasteiger partial charge in [0.1, 0.15) is 17.7 Å². The number of carbonyl (C=O) groups is 1. The molecule has 0 aliphatic carbocycles. The minimum atomic E-state index is -0.720. The van der Waals surface area contributed by atoms with E-state index in [2.05, 4.69) is 9.88 Å². The average molecular weight is 386 g/mol. The number of amides is 1. The topological polar surface area (TPSA) is 86.3 Å². The number of fused-ring (bicyclic) bond motifs is 1. The number of primary amides is 1. The van der Waals surface area contributed by atoms with E-state index in [1.54, 1.807) is 6.20 Å². The lowest BCUT2D eigenvalue weighted by atomic mass is 10.1. The van der Waals surface area contributed by atoms with Crippen LogP contribution < -0.4 is 10.6 Å². The molecule has 2 N–H and O–H groups in total. The Morgan fingerprint density at radius 1 is 1.30 bits per heavy atom. The number of anilines is 1. The van der Waals surface area contributed by atoms with Gasteiger partial charge in [0.2, 0.25) is 0 Å². The van der Waals surface area contributed by atoms with E-state index in [4.69, 9.17) is 27.1 Å². The highest BCUT2D eigenvalue weighted by Crippen LogP contribution is 2.32. The molecule has 2 aromatic heterocycles. The van der Waals surface area contributed by atoms with Crippen molar-refractivity contribution >= 4 is 34.5 Å². The van der Waals surface area contributed by atoms with Crippen LogP contribution in [0.25, 0.3) is 22.4 Å². The molecule has 0 saturated carbocycles. The third-order valence-electron chi connectivity index (χ3n) is 4.92. The third kappa shape index (κ3) is 3.42. The van der Waals surface area contributed by atoms with Crippen LogP contribution in [0.1, 0.15) is 12.8 Å². The molecule has 3 aromatic rings. The Balaban J connectivity index is 1.62. The first-order valence-electron chi connectivity index (χ1n) is 8.81. The molecule has 0 bridgehead atoms. The average Bonchev–Trinajstić information content (AvgIpc) is 2.99. The number of benzene rings is 1. The Labute approximate surface area is 161 Å². The number of piperidine rings is 1. The third-order valence-corrected chi connectivity index (χ3v) is 5.22. The van der Waals surface area contributed by atoms with Crippen LogP contribution in [0.15, 0.2) is 36.5 Å². The summed E-state index contributed by atoms with van der Waals surface area (Å²) in [7, 11) is 1.98. The summed E-state index contributed by atoms with van der Waals surface area (Å²) in [4.78, 5) is 22.3. The maximum Gasteiger partial charge on any atom is 0.404 e. The van der Waals surface area contributed by atoms with Crippen molar-refractivity contribution in [2.75, 3.05) is 18.0 Å². The van der Waals surface area contributed by atoms with Crippen molar-refractivity contribution in [1.82, 2.24) is 14.5 Å². The van der Waals surface area contributed by atoms with Crippen LogP contribution in [0.4, 0.5) is 10.6 Å². The molecule has 0 radical (unpaired) electrons. The fraction of sp³-hybridized carbons (Fsp3) is 0.316. The fourth-order valence-electron chi connectivity index (χ4n) is 3.53. The zero-order valence-corrected chi connectivity index (χ0v) is 15.7. The van der Waals surface area contributed by atoms with Gasteiger partial charge in [0, 0.05) is 44.7 Å². The summed E-state index contributed by atoms with van der Waals surface area (Å²) >= 11 is 6.44. The number of aromatic nitrogens is 3. The van der Waals surface area contributed by atoms with Gasteiger partial charge in [0.05, 0.1) is 16.1 Å². The minimum absolute atomic E-state index is 0.134. The van der Waals surface area contributed by atoms with E-state index in [9.17, 15) is 4.79 Å². The Morgan fingerprint density at radius 2 is 2.04 bits per heavy atom. The SMILES string of the molecule is Cn1c(-c2cc(N3CCC(OC(N)=O)CC3)ncc2Cl)nc2ccccc21. The lowest BCUT2D eigenvalue weighted by molar-refractivity contribution is 0.0911. The van der Waals surface area contributed by atoms with Gasteiger partial charge in [-0.2, -0.15) is 0 Å². The number of rotatable bonds is 3. The van der Waals surface area contributed by atoms with Crippen LogP contribution in [-0.4, -0.2) is 39.8 Å². The summed E-state index contributed by atoms with van der Waals surface area (Å²) in [6, 6.07) is 9.95. The minimum Gasteiger partial charge on any atom is -0.446 e. The molecule has 7 nitrogen and oxygen atoms in total. The van der Waals surface area contributed by atoms with Gasteiger partial charge in [-0.25, -0.2) is 14.8 Å². The molecule has 27 heavy (non-hydrogen) atoms. The van der Waals surface area contributed by atoms with E-state index in [0.717, 1.165) is 54.2 Å².